The Morgan fingerprint density at radius 3 is 2.90 bits per heavy atom. The lowest BCUT2D eigenvalue weighted by molar-refractivity contribution is -0.118. The molecule has 0 aliphatic heterocycles. The maximum absolute atomic E-state index is 14.0. The molecule has 104 valence electrons. The molecule has 1 unspecified atom stereocenters. The Labute approximate surface area is 117 Å². The average Bonchev–Trinajstić information content (AvgIpc) is 2.46. The lowest BCUT2D eigenvalue weighted by atomic mass is 9.83. The predicted octanol–water partition coefficient (Wildman–Crippen LogP) is 3.50. The lowest BCUT2D eigenvalue weighted by Crippen LogP contribution is -2.17. The fraction of sp³-hybridized carbons (Fsp3) is 0.375. The van der Waals surface area contributed by atoms with Gasteiger partial charge in [-0.15, -0.1) is 0 Å². The van der Waals surface area contributed by atoms with Crippen LogP contribution in [-0.4, -0.2) is 12.9 Å². The van der Waals surface area contributed by atoms with E-state index in [9.17, 15) is 9.18 Å². The third-order valence-electron chi connectivity index (χ3n) is 3.61. The van der Waals surface area contributed by atoms with Crippen LogP contribution in [0.15, 0.2) is 24.3 Å². The van der Waals surface area contributed by atoms with Crippen LogP contribution >= 0.6 is 0 Å². The van der Waals surface area contributed by atoms with E-state index in [1.807, 2.05) is 0 Å². The Hall–Kier alpha value is -2.15. The van der Waals surface area contributed by atoms with Crippen molar-refractivity contribution in [3.63, 3.8) is 0 Å². The van der Waals surface area contributed by atoms with Crippen molar-refractivity contribution < 1.29 is 13.9 Å². The quantitative estimate of drug-likeness (QED) is 0.843. The Kier molecular flexibility index (Phi) is 4.52. The summed E-state index contributed by atoms with van der Waals surface area (Å²) >= 11 is 0. The summed E-state index contributed by atoms with van der Waals surface area (Å²) in [5.41, 5.74) is 1.18. The van der Waals surface area contributed by atoms with Crippen molar-refractivity contribution in [3.05, 3.63) is 35.7 Å². The number of benzene rings is 1. The summed E-state index contributed by atoms with van der Waals surface area (Å²) < 4.78 is 18.9. The summed E-state index contributed by atoms with van der Waals surface area (Å²) in [5.74, 6) is -0.0174. The summed E-state index contributed by atoms with van der Waals surface area (Å²) in [7, 11) is 1.48. The molecule has 1 aliphatic rings. The van der Waals surface area contributed by atoms with E-state index in [2.05, 4.69) is 6.07 Å². The standard InChI is InChI=1S/C16H16FNO2/c1-20-13-6-7-14(15(17)10-13)12-5-4-11(3-2-8-18)16(19)9-12/h6-7,9-11H,2-5H2,1H3. The monoisotopic (exact) mass is 273 g/mol. The van der Waals surface area contributed by atoms with Crippen LogP contribution in [0, 0.1) is 23.1 Å². The summed E-state index contributed by atoms with van der Waals surface area (Å²) in [4.78, 5) is 12.0. The lowest BCUT2D eigenvalue weighted by Gasteiger charge is -2.20. The van der Waals surface area contributed by atoms with Crippen molar-refractivity contribution in [2.45, 2.75) is 25.7 Å². The van der Waals surface area contributed by atoms with E-state index < -0.39 is 0 Å². The van der Waals surface area contributed by atoms with Crippen LogP contribution in [0.3, 0.4) is 0 Å². The van der Waals surface area contributed by atoms with Gasteiger partial charge in [-0.3, -0.25) is 4.79 Å². The van der Waals surface area contributed by atoms with E-state index in [0.29, 0.717) is 37.0 Å². The molecule has 1 aromatic rings. The number of methoxy groups -OCH3 is 1. The number of ether oxygens (including phenoxy) is 1. The van der Waals surface area contributed by atoms with Crippen LogP contribution in [0.2, 0.25) is 0 Å². The number of ketones is 1. The molecule has 0 saturated heterocycles. The van der Waals surface area contributed by atoms with Crippen LogP contribution in [0.25, 0.3) is 5.57 Å². The first-order chi connectivity index (χ1) is 9.65. The minimum Gasteiger partial charge on any atom is -0.497 e. The van der Waals surface area contributed by atoms with Crippen molar-refractivity contribution in [2.75, 3.05) is 7.11 Å². The molecule has 2 rings (SSSR count). The largest absolute Gasteiger partial charge is 0.497 e. The van der Waals surface area contributed by atoms with Crippen molar-refractivity contribution in [1.82, 2.24) is 0 Å². The number of allylic oxidation sites excluding steroid dienone is 2. The minimum atomic E-state index is -0.376. The molecule has 0 spiro atoms. The molecule has 1 atom stereocenters. The second-order valence-corrected chi connectivity index (χ2v) is 4.85. The van der Waals surface area contributed by atoms with Crippen LogP contribution in [0.4, 0.5) is 4.39 Å². The van der Waals surface area contributed by atoms with Gasteiger partial charge >= 0.3 is 0 Å². The Morgan fingerprint density at radius 2 is 2.30 bits per heavy atom. The molecule has 0 N–H and O–H groups in total. The predicted molar refractivity (Wildman–Crippen MR) is 73.5 cm³/mol. The maximum atomic E-state index is 14.0. The Balaban J connectivity index is 2.19. The van der Waals surface area contributed by atoms with E-state index in [1.54, 1.807) is 12.1 Å². The fourth-order valence-corrected chi connectivity index (χ4v) is 2.45. The smallest absolute Gasteiger partial charge is 0.159 e. The Morgan fingerprint density at radius 1 is 1.50 bits per heavy atom. The first-order valence-electron chi connectivity index (χ1n) is 6.61. The average molecular weight is 273 g/mol. The molecule has 0 heterocycles. The molecule has 0 bridgehead atoms. The molecule has 0 amide bonds. The van der Waals surface area contributed by atoms with Gasteiger partial charge in [-0.2, -0.15) is 5.26 Å². The minimum absolute atomic E-state index is 0.00304. The zero-order valence-electron chi connectivity index (χ0n) is 11.4. The molecule has 1 aliphatic carbocycles. The van der Waals surface area contributed by atoms with Crippen LogP contribution in [0.1, 0.15) is 31.2 Å². The summed E-state index contributed by atoms with van der Waals surface area (Å²) in [6, 6.07) is 6.70. The van der Waals surface area contributed by atoms with Gasteiger partial charge in [0.25, 0.3) is 0 Å². The normalized spacial score (nSPS) is 18.4. The molecule has 0 saturated carbocycles. The number of rotatable bonds is 4. The molecule has 1 aromatic carbocycles. The van der Waals surface area contributed by atoms with Crippen molar-refractivity contribution in [3.8, 4) is 11.8 Å². The van der Waals surface area contributed by atoms with Gasteiger partial charge in [0.1, 0.15) is 11.6 Å². The van der Waals surface area contributed by atoms with Gasteiger partial charge in [0.2, 0.25) is 0 Å². The second kappa shape index (κ2) is 6.33. The van der Waals surface area contributed by atoms with Gasteiger partial charge in [-0.05, 0) is 43.0 Å². The molecule has 4 heteroatoms. The number of carbonyl (C=O) groups is 1. The summed E-state index contributed by atoms with van der Waals surface area (Å²) in [6.07, 6.45) is 3.83. The number of hydrogen-bond donors (Lipinski definition) is 0. The second-order valence-electron chi connectivity index (χ2n) is 4.85. The highest BCUT2D eigenvalue weighted by Gasteiger charge is 2.23. The van der Waals surface area contributed by atoms with Gasteiger partial charge in [-0.25, -0.2) is 4.39 Å². The van der Waals surface area contributed by atoms with E-state index in [-0.39, 0.29) is 17.5 Å². The van der Waals surface area contributed by atoms with Gasteiger partial charge in [-0.1, -0.05) is 0 Å². The third kappa shape index (κ3) is 3.05. The van der Waals surface area contributed by atoms with Crippen molar-refractivity contribution in [2.24, 2.45) is 5.92 Å². The van der Waals surface area contributed by atoms with E-state index in [0.717, 1.165) is 5.57 Å². The van der Waals surface area contributed by atoms with Gasteiger partial charge in [0.05, 0.1) is 13.2 Å². The molecule has 0 radical (unpaired) electrons. The fourth-order valence-electron chi connectivity index (χ4n) is 2.45. The number of halogens is 1. The first-order valence-corrected chi connectivity index (χ1v) is 6.61. The highest BCUT2D eigenvalue weighted by atomic mass is 19.1. The number of hydrogen-bond acceptors (Lipinski definition) is 3. The maximum Gasteiger partial charge on any atom is 0.159 e. The number of carbonyl (C=O) groups excluding carboxylic acids is 1. The number of nitriles is 1. The topological polar surface area (TPSA) is 50.1 Å². The summed E-state index contributed by atoms with van der Waals surface area (Å²) in [6.45, 7) is 0. The number of nitrogens with zero attached hydrogens (tertiary/aromatic N) is 1. The molecular weight excluding hydrogens is 257 g/mol. The van der Waals surface area contributed by atoms with Crippen LogP contribution in [-0.2, 0) is 4.79 Å². The zero-order valence-corrected chi connectivity index (χ0v) is 11.4. The van der Waals surface area contributed by atoms with Gasteiger partial charge in [0, 0.05) is 24.0 Å². The SMILES string of the molecule is COc1ccc(C2=CC(=O)C(CCC#N)CC2)c(F)c1. The molecule has 0 fully saturated rings. The molecule has 3 nitrogen and oxygen atoms in total. The first kappa shape index (κ1) is 14.3. The van der Waals surface area contributed by atoms with Crippen LogP contribution in [0.5, 0.6) is 5.75 Å². The van der Waals surface area contributed by atoms with Crippen molar-refractivity contribution >= 4 is 11.4 Å². The van der Waals surface area contributed by atoms with Crippen LogP contribution < -0.4 is 4.74 Å². The Bertz CT molecular complexity index is 587. The summed E-state index contributed by atoms with van der Waals surface area (Å²) in [5, 5.41) is 8.56. The van der Waals surface area contributed by atoms with E-state index in [1.165, 1.54) is 19.3 Å². The molecule has 0 aromatic heterocycles. The zero-order chi connectivity index (χ0) is 14.5. The van der Waals surface area contributed by atoms with Gasteiger partial charge < -0.3 is 4.74 Å². The van der Waals surface area contributed by atoms with Gasteiger partial charge in [0.15, 0.2) is 5.78 Å². The third-order valence-corrected chi connectivity index (χ3v) is 3.61. The molecule has 20 heavy (non-hydrogen) atoms. The van der Waals surface area contributed by atoms with E-state index in [4.69, 9.17) is 10.00 Å². The van der Waals surface area contributed by atoms with Crippen molar-refractivity contribution in [1.29, 1.82) is 5.26 Å². The highest BCUT2D eigenvalue weighted by molar-refractivity contribution is 6.00. The van der Waals surface area contributed by atoms with E-state index >= 15 is 0 Å². The highest BCUT2D eigenvalue weighted by Crippen LogP contribution is 2.32. The molecular formula is C16H16FNO2.